The molecule has 1 rings (SSSR count). The number of hydrogen-bond acceptors (Lipinski definition) is 5. The third-order valence-electron chi connectivity index (χ3n) is 2.83. The van der Waals surface area contributed by atoms with Gasteiger partial charge in [0, 0.05) is 29.6 Å². The van der Waals surface area contributed by atoms with Crippen LogP contribution in [-0.4, -0.2) is 36.5 Å². The van der Waals surface area contributed by atoms with Crippen LogP contribution in [0.1, 0.15) is 18.4 Å². The number of halogens is 1. The molecule has 0 aliphatic rings. The van der Waals surface area contributed by atoms with Crippen molar-refractivity contribution in [2.75, 3.05) is 20.7 Å². The molecule has 0 aromatic heterocycles. The number of nitrogens with zero attached hydrogens (tertiary/aromatic N) is 2. The van der Waals surface area contributed by atoms with Crippen LogP contribution in [0.5, 0.6) is 0 Å². The summed E-state index contributed by atoms with van der Waals surface area (Å²) in [5, 5.41) is 11.4. The number of ether oxygens (including phenoxy) is 1. The fraction of sp³-hybridized carbons (Fsp3) is 0.462. The third kappa shape index (κ3) is 5.14. The van der Waals surface area contributed by atoms with E-state index in [0.29, 0.717) is 36.5 Å². The molecule has 20 heavy (non-hydrogen) atoms. The molecule has 1 aromatic carbocycles. The highest BCUT2D eigenvalue weighted by molar-refractivity contribution is 6.30. The highest BCUT2D eigenvalue weighted by Gasteiger charge is 2.15. The second kappa shape index (κ2) is 7.81. The largest absolute Gasteiger partial charge is 0.469 e. The summed E-state index contributed by atoms with van der Waals surface area (Å²) in [5.41, 5.74) is 0.609. The van der Waals surface area contributed by atoms with Gasteiger partial charge < -0.3 is 9.64 Å². The van der Waals surface area contributed by atoms with Gasteiger partial charge in [-0.05, 0) is 32.1 Å². The maximum Gasteiger partial charge on any atom is 0.305 e. The molecule has 110 valence electrons. The van der Waals surface area contributed by atoms with Crippen LogP contribution >= 0.6 is 11.6 Å². The Morgan fingerprint density at radius 2 is 2.20 bits per heavy atom. The summed E-state index contributed by atoms with van der Waals surface area (Å²) in [7, 11) is 3.18. The molecule has 0 amide bonds. The lowest BCUT2D eigenvalue weighted by Gasteiger charge is -2.16. The minimum absolute atomic E-state index is 0.0502. The van der Waals surface area contributed by atoms with E-state index in [1.165, 1.54) is 19.2 Å². The van der Waals surface area contributed by atoms with E-state index in [0.717, 1.165) is 0 Å². The van der Waals surface area contributed by atoms with Crippen LogP contribution in [0, 0.1) is 10.1 Å². The lowest BCUT2D eigenvalue weighted by molar-refractivity contribution is -0.385. The van der Waals surface area contributed by atoms with Gasteiger partial charge in [0.2, 0.25) is 0 Å². The third-order valence-corrected chi connectivity index (χ3v) is 3.06. The topological polar surface area (TPSA) is 72.7 Å². The summed E-state index contributed by atoms with van der Waals surface area (Å²) in [5.74, 6) is -0.257. The van der Waals surface area contributed by atoms with Gasteiger partial charge in [-0.25, -0.2) is 0 Å². The monoisotopic (exact) mass is 300 g/mol. The zero-order chi connectivity index (χ0) is 15.1. The molecule has 0 saturated carbocycles. The number of carbonyl (C=O) groups is 1. The van der Waals surface area contributed by atoms with Crippen LogP contribution in [0.2, 0.25) is 5.02 Å². The van der Waals surface area contributed by atoms with Crippen molar-refractivity contribution >= 4 is 23.3 Å². The molecule has 0 atom stereocenters. The van der Waals surface area contributed by atoms with E-state index in [-0.39, 0.29) is 11.7 Å². The normalized spacial score (nSPS) is 10.6. The molecule has 0 bridgehead atoms. The van der Waals surface area contributed by atoms with Gasteiger partial charge in [-0.15, -0.1) is 0 Å². The van der Waals surface area contributed by atoms with Crippen LogP contribution in [0.4, 0.5) is 5.69 Å². The van der Waals surface area contributed by atoms with Crippen molar-refractivity contribution in [1.82, 2.24) is 4.90 Å². The number of methoxy groups -OCH3 is 1. The van der Waals surface area contributed by atoms with Crippen LogP contribution in [-0.2, 0) is 16.1 Å². The van der Waals surface area contributed by atoms with Gasteiger partial charge in [0.15, 0.2) is 0 Å². The SMILES string of the molecule is COC(=O)CCCN(C)Cc1cc(Cl)ccc1[N+](=O)[O-]. The van der Waals surface area contributed by atoms with Crippen molar-refractivity contribution in [3.8, 4) is 0 Å². The average molecular weight is 301 g/mol. The lowest BCUT2D eigenvalue weighted by atomic mass is 10.1. The maximum absolute atomic E-state index is 11.0. The molecule has 0 aliphatic heterocycles. The molecular formula is C13H17ClN2O4. The zero-order valence-electron chi connectivity index (χ0n) is 11.5. The van der Waals surface area contributed by atoms with E-state index in [4.69, 9.17) is 11.6 Å². The van der Waals surface area contributed by atoms with Gasteiger partial charge in [0.25, 0.3) is 5.69 Å². The molecule has 0 radical (unpaired) electrons. The number of esters is 1. The van der Waals surface area contributed by atoms with E-state index >= 15 is 0 Å². The molecule has 0 saturated heterocycles. The van der Waals surface area contributed by atoms with Crippen molar-refractivity contribution in [1.29, 1.82) is 0 Å². The molecule has 0 spiro atoms. The summed E-state index contributed by atoms with van der Waals surface area (Å²) >= 11 is 5.87. The predicted octanol–water partition coefficient (Wildman–Crippen LogP) is 2.63. The zero-order valence-corrected chi connectivity index (χ0v) is 12.2. The Kier molecular flexibility index (Phi) is 6.41. The van der Waals surface area contributed by atoms with Crippen molar-refractivity contribution in [2.24, 2.45) is 0 Å². The van der Waals surface area contributed by atoms with Crippen LogP contribution in [0.25, 0.3) is 0 Å². The molecule has 0 heterocycles. The molecule has 0 fully saturated rings. The summed E-state index contributed by atoms with van der Waals surface area (Å²) < 4.78 is 4.55. The first-order valence-electron chi connectivity index (χ1n) is 6.12. The number of nitro groups is 1. The first-order valence-corrected chi connectivity index (χ1v) is 6.50. The summed E-state index contributed by atoms with van der Waals surface area (Å²) in [6.07, 6.45) is 0.968. The highest BCUT2D eigenvalue weighted by Crippen LogP contribution is 2.23. The second-order valence-corrected chi connectivity index (χ2v) is 4.88. The van der Waals surface area contributed by atoms with Gasteiger partial charge in [-0.2, -0.15) is 0 Å². The number of carbonyl (C=O) groups excluding carboxylic acids is 1. The Labute approximate surface area is 122 Å². The van der Waals surface area contributed by atoms with Crippen LogP contribution < -0.4 is 0 Å². The number of nitro benzene ring substituents is 1. The molecular weight excluding hydrogens is 284 g/mol. The second-order valence-electron chi connectivity index (χ2n) is 4.45. The number of rotatable bonds is 7. The van der Waals surface area contributed by atoms with Crippen molar-refractivity contribution in [3.05, 3.63) is 38.9 Å². The van der Waals surface area contributed by atoms with E-state index in [2.05, 4.69) is 4.74 Å². The lowest BCUT2D eigenvalue weighted by Crippen LogP contribution is -2.20. The molecule has 1 aromatic rings. The fourth-order valence-corrected chi connectivity index (χ4v) is 2.02. The standard InChI is InChI=1S/C13H17ClN2O4/c1-15(7-3-4-13(17)20-2)9-10-8-11(14)5-6-12(10)16(18)19/h5-6,8H,3-4,7,9H2,1-2H3. The first kappa shape index (κ1) is 16.4. The first-order chi connectivity index (χ1) is 9.43. The number of benzene rings is 1. The predicted molar refractivity (Wildman–Crippen MR) is 75.7 cm³/mol. The Morgan fingerprint density at radius 3 is 2.80 bits per heavy atom. The Morgan fingerprint density at radius 1 is 1.50 bits per heavy atom. The molecule has 0 N–H and O–H groups in total. The fourth-order valence-electron chi connectivity index (χ4n) is 1.82. The minimum atomic E-state index is -0.423. The van der Waals surface area contributed by atoms with Gasteiger partial charge in [-0.3, -0.25) is 14.9 Å². The average Bonchev–Trinajstić information content (AvgIpc) is 2.38. The molecule has 6 nitrogen and oxygen atoms in total. The van der Waals surface area contributed by atoms with E-state index in [9.17, 15) is 14.9 Å². The van der Waals surface area contributed by atoms with Gasteiger partial charge >= 0.3 is 5.97 Å². The van der Waals surface area contributed by atoms with E-state index < -0.39 is 4.92 Å². The van der Waals surface area contributed by atoms with Gasteiger partial charge in [-0.1, -0.05) is 11.6 Å². The maximum atomic E-state index is 11.0. The summed E-state index contributed by atoms with van der Waals surface area (Å²) in [4.78, 5) is 23.4. The Balaban J connectivity index is 2.61. The van der Waals surface area contributed by atoms with Crippen LogP contribution in [0.15, 0.2) is 18.2 Å². The molecule has 0 aliphatic carbocycles. The van der Waals surface area contributed by atoms with Crippen molar-refractivity contribution in [3.63, 3.8) is 0 Å². The number of hydrogen-bond donors (Lipinski definition) is 0. The summed E-state index contributed by atoms with van der Waals surface area (Å²) in [6.45, 7) is 1.04. The Bertz CT molecular complexity index is 493. The van der Waals surface area contributed by atoms with E-state index in [1.807, 2.05) is 11.9 Å². The van der Waals surface area contributed by atoms with Crippen molar-refractivity contribution < 1.29 is 14.5 Å². The minimum Gasteiger partial charge on any atom is -0.469 e. The van der Waals surface area contributed by atoms with E-state index in [1.54, 1.807) is 6.07 Å². The smallest absolute Gasteiger partial charge is 0.305 e. The van der Waals surface area contributed by atoms with Gasteiger partial charge in [0.05, 0.1) is 12.0 Å². The summed E-state index contributed by atoms with van der Waals surface area (Å²) in [6, 6.07) is 4.50. The quantitative estimate of drug-likeness (QED) is 0.440. The van der Waals surface area contributed by atoms with Crippen molar-refractivity contribution in [2.45, 2.75) is 19.4 Å². The van der Waals surface area contributed by atoms with Gasteiger partial charge in [0.1, 0.15) is 0 Å². The van der Waals surface area contributed by atoms with Crippen LogP contribution in [0.3, 0.4) is 0 Å². The molecule has 0 unspecified atom stereocenters. The molecule has 7 heteroatoms. The highest BCUT2D eigenvalue weighted by atomic mass is 35.5. The Hall–Kier alpha value is -1.66.